The maximum Gasteiger partial charge on any atom is 0.273 e. The lowest BCUT2D eigenvalue weighted by molar-refractivity contribution is -0.114. The Kier molecular flexibility index (Phi) is 6.17. The number of aryl methyl sites for hydroxylation is 1. The third-order valence-electron chi connectivity index (χ3n) is 3.42. The summed E-state index contributed by atoms with van der Waals surface area (Å²) in [5.41, 5.74) is 6.06. The van der Waals surface area contributed by atoms with E-state index in [1.54, 1.807) is 24.3 Å². The van der Waals surface area contributed by atoms with Gasteiger partial charge in [-0.2, -0.15) is 0 Å². The molecule has 1 amide bonds. The van der Waals surface area contributed by atoms with Gasteiger partial charge in [-0.15, -0.1) is 0 Å². The molecule has 0 aromatic heterocycles. The Morgan fingerprint density at radius 2 is 1.92 bits per heavy atom. The molecule has 25 heavy (non-hydrogen) atoms. The van der Waals surface area contributed by atoms with E-state index in [1.807, 2.05) is 31.2 Å². The predicted molar refractivity (Wildman–Crippen MR) is 98.0 cm³/mol. The largest absolute Gasteiger partial charge is 0.398 e. The van der Waals surface area contributed by atoms with Gasteiger partial charge in [0.15, 0.2) is 11.5 Å². The smallest absolute Gasteiger partial charge is 0.273 e. The van der Waals surface area contributed by atoms with Crippen molar-refractivity contribution in [2.24, 2.45) is 5.16 Å². The summed E-state index contributed by atoms with van der Waals surface area (Å²) in [5.74, 6) is 0.0473. The maximum absolute atomic E-state index is 12.0. The fourth-order valence-electron chi connectivity index (χ4n) is 2.18. The van der Waals surface area contributed by atoms with Gasteiger partial charge in [-0.05, 0) is 25.1 Å². The molecule has 0 heterocycles. The van der Waals surface area contributed by atoms with E-state index in [-0.39, 0.29) is 11.6 Å². The molecule has 6 heteroatoms. The summed E-state index contributed by atoms with van der Waals surface area (Å²) in [5, 5.41) is 6.33. The van der Waals surface area contributed by atoms with Crippen LogP contribution in [0.3, 0.4) is 0 Å². The number of hydroxylamine groups is 1. The fourth-order valence-corrected chi connectivity index (χ4v) is 2.18. The highest BCUT2D eigenvalue weighted by atomic mass is 16.6. The second-order valence-electron chi connectivity index (χ2n) is 5.25. The summed E-state index contributed by atoms with van der Waals surface area (Å²) in [6, 6.07) is 14.9. The molecule has 2 rings (SSSR count). The molecule has 0 spiro atoms. The van der Waals surface area contributed by atoms with Crippen LogP contribution in [0.25, 0.3) is 5.70 Å². The number of nitrogens with one attached hydrogen (secondary N) is 2. The van der Waals surface area contributed by atoms with Gasteiger partial charge in [0, 0.05) is 12.6 Å². The lowest BCUT2D eigenvalue weighted by atomic mass is 10.1. The zero-order valence-corrected chi connectivity index (χ0v) is 14.5. The summed E-state index contributed by atoms with van der Waals surface area (Å²) < 4.78 is 0. The Morgan fingerprint density at radius 1 is 1.16 bits per heavy atom. The predicted octanol–water partition coefficient (Wildman–Crippen LogP) is 2.65. The van der Waals surface area contributed by atoms with Crippen LogP contribution < -0.4 is 15.6 Å². The summed E-state index contributed by atoms with van der Waals surface area (Å²) >= 11 is 0. The van der Waals surface area contributed by atoms with Crippen molar-refractivity contribution in [2.75, 3.05) is 14.2 Å². The standard InChI is InChI=1S/C19H21N3O3/c1-13-8-7-9-15(12-13)14(2)21-25-17-11-6-5-10-16(17)18(22-24-4)19(23)20-3/h5-12,21H,2H2,1,3-4H3,(H,20,23). The van der Waals surface area contributed by atoms with Crippen LogP contribution in [0.1, 0.15) is 16.7 Å². The van der Waals surface area contributed by atoms with Crippen molar-refractivity contribution in [3.05, 3.63) is 71.8 Å². The number of amides is 1. The van der Waals surface area contributed by atoms with Gasteiger partial charge in [0.25, 0.3) is 5.91 Å². The number of likely N-dealkylation sites (N-methyl/N-ethyl adjacent to an activating group) is 1. The first-order chi connectivity index (χ1) is 12.1. The molecular formula is C19H21N3O3. The van der Waals surface area contributed by atoms with Crippen LogP contribution in [0.2, 0.25) is 0 Å². The molecule has 2 aromatic rings. The number of oxime groups is 1. The molecule has 0 fully saturated rings. The van der Waals surface area contributed by atoms with Crippen molar-refractivity contribution >= 4 is 17.3 Å². The molecule has 0 unspecified atom stereocenters. The van der Waals surface area contributed by atoms with Gasteiger partial charge in [-0.3, -0.25) is 4.79 Å². The minimum absolute atomic E-state index is 0.114. The minimum atomic E-state index is -0.379. The van der Waals surface area contributed by atoms with Crippen LogP contribution >= 0.6 is 0 Å². The van der Waals surface area contributed by atoms with Crippen molar-refractivity contribution in [1.82, 2.24) is 10.8 Å². The molecule has 130 valence electrons. The lowest BCUT2D eigenvalue weighted by Crippen LogP contribution is -2.29. The number of benzene rings is 2. The number of para-hydroxylation sites is 1. The van der Waals surface area contributed by atoms with E-state index in [0.717, 1.165) is 11.1 Å². The number of hydrogen-bond acceptors (Lipinski definition) is 5. The van der Waals surface area contributed by atoms with Crippen molar-refractivity contribution < 1.29 is 14.5 Å². The Bertz CT molecular complexity index is 800. The van der Waals surface area contributed by atoms with E-state index in [1.165, 1.54) is 14.2 Å². The van der Waals surface area contributed by atoms with Gasteiger partial charge in [0.2, 0.25) is 0 Å². The maximum atomic E-state index is 12.0. The Balaban J connectivity index is 2.22. The van der Waals surface area contributed by atoms with Crippen molar-refractivity contribution in [2.45, 2.75) is 6.92 Å². The van der Waals surface area contributed by atoms with Crippen LogP contribution in [0, 0.1) is 6.92 Å². The molecule has 0 saturated heterocycles. The van der Waals surface area contributed by atoms with Gasteiger partial charge in [-0.25, -0.2) is 5.48 Å². The zero-order valence-electron chi connectivity index (χ0n) is 14.5. The number of hydrogen-bond donors (Lipinski definition) is 2. The molecule has 0 radical (unpaired) electrons. The summed E-state index contributed by atoms with van der Waals surface area (Å²) in [6.07, 6.45) is 0. The molecule has 0 bridgehead atoms. The first kappa shape index (κ1) is 18.1. The SMILES string of the molecule is C=C(NOc1ccccc1C(=NOC)C(=O)NC)c1cccc(C)c1. The second-order valence-corrected chi connectivity index (χ2v) is 5.25. The number of rotatable bonds is 7. The van der Waals surface area contributed by atoms with Gasteiger partial charge >= 0.3 is 0 Å². The topological polar surface area (TPSA) is 71.9 Å². The molecule has 2 N–H and O–H groups in total. The van der Waals surface area contributed by atoms with E-state index < -0.39 is 0 Å². The monoisotopic (exact) mass is 339 g/mol. The fraction of sp³-hybridized carbons (Fsp3) is 0.158. The Labute approximate surface area is 147 Å². The van der Waals surface area contributed by atoms with Crippen LogP contribution in [0.15, 0.2) is 60.3 Å². The molecule has 0 aliphatic heterocycles. The molecule has 6 nitrogen and oxygen atoms in total. The lowest BCUT2D eigenvalue weighted by Gasteiger charge is -2.14. The van der Waals surface area contributed by atoms with E-state index in [4.69, 9.17) is 9.68 Å². The molecule has 0 saturated carbocycles. The average Bonchev–Trinajstić information content (AvgIpc) is 2.64. The van der Waals surface area contributed by atoms with Gasteiger partial charge in [-0.1, -0.05) is 47.6 Å². The van der Waals surface area contributed by atoms with E-state index in [0.29, 0.717) is 17.0 Å². The third kappa shape index (κ3) is 4.60. The number of carbonyl (C=O) groups is 1. The normalized spacial score (nSPS) is 10.8. The van der Waals surface area contributed by atoms with Crippen LogP contribution in [0.5, 0.6) is 5.75 Å². The van der Waals surface area contributed by atoms with Crippen LogP contribution in [-0.2, 0) is 9.63 Å². The molecule has 0 aliphatic rings. The van der Waals surface area contributed by atoms with Crippen molar-refractivity contribution in [1.29, 1.82) is 0 Å². The van der Waals surface area contributed by atoms with Crippen molar-refractivity contribution in [3.63, 3.8) is 0 Å². The molecule has 0 aliphatic carbocycles. The molecule has 0 atom stereocenters. The minimum Gasteiger partial charge on any atom is -0.398 e. The van der Waals surface area contributed by atoms with Gasteiger partial charge in [0.05, 0.1) is 11.3 Å². The quantitative estimate of drug-likeness (QED) is 0.601. The van der Waals surface area contributed by atoms with Crippen LogP contribution in [0.4, 0.5) is 0 Å². The summed E-state index contributed by atoms with van der Waals surface area (Å²) in [7, 11) is 2.90. The van der Waals surface area contributed by atoms with E-state index >= 15 is 0 Å². The van der Waals surface area contributed by atoms with Crippen LogP contribution in [-0.4, -0.2) is 25.8 Å². The van der Waals surface area contributed by atoms with Gasteiger partial charge in [0.1, 0.15) is 7.11 Å². The second kappa shape index (κ2) is 8.54. The Hall–Kier alpha value is -3.28. The third-order valence-corrected chi connectivity index (χ3v) is 3.42. The first-order valence-electron chi connectivity index (χ1n) is 7.68. The highest BCUT2D eigenvalue weighted by Crippen LogP contribution is 2.20. The summed E-state index contributed by atoms with van der Waals surface area (Å²) in [6.45, 7) is 5.98. The van der Waals surface area contributed by atoms with Crippen molar-refractivity contribution in [3.8, 4) is 5.75 Å². The van der Waals surface area contributed by atoms with Gasteiger partial charge < -0.3 is 15.0 Å². The molecular weight excluding hydrogens is 318 g/mol. The highest BCUT2D eigenvalue weighted by Gasteiger charge is 2.18. The average molecular weight is 339 g/mol. The molecule has 2 aromatic carbocycles. The highest BCUT2D eigenvalue weighted by molar-refractivity contribution is 6.45. The number of carbonyl (C=O) groups excluding carboxylic acids is 1. The van der Waals surface area contributed by atoms with E-state index in [2.05, 4.69) is 22.5 Å². The number of nitrogens with zero attached hydrogens (tertiary/aromatic N) is 1. The summed E-state index contributed by atoms with van der Waals surface area (Å²) in [4.78, 5) is 22.5. The Morgan fingerprint density at radius 3 is 2.60 bits per heavy atom. The zero-order chi connectivity index (χ0) is 18.2. The van der Waals surface area contributed by atoms with E-state index in [9.17, 15) is 4.79 Å². The first-order valence-corrected chi connectivity index (χ1v) is 7.68.